The predicted molar refractivity (Wildman–Crippen MR) is 105 cm³/mol. The highest BCUT2D eigenvalue weighted by molar-refractivity contribution is 9.10. The second-order valence-electron chi connectivity index (χ2n) is 4.86. The van der Waals surface area contributed by atoms with E-state index in [0.717, 1.165) is 49.1 Å². The van der Waals surface area contributed by atoms with Crippen LogP contribution in [0, 0.1) is 0 Å². The number of nitrogens with zero attached hydrogens (tertiary/aromatic N) is 2. The lowest BCUT2D eigenvalue weighted by atomic mass is 10.2. The Morgan fingerprint density at radius 3 is 2.67 bits per heavy atom. The molecule has 7 heteroatoms. The summed E-state index contributed by atoms with van der Waals surface area (Å²) in [5, 5.41) is 11.4. The molecule has 5 nitrogen and oxygen atoms in total. The molecule has 0 bridgehead atoms. The number of halogens is 1. The minimum atomic E-state index is 0.772. The molecule has 0 aliphatic carbocycles. The van der Waals surface area contributed by atoms with Gasteiger partial charge in [0.2, 0.25) is 0 Å². The summed E-state index contributed by atoms with van der Waals surface area (Å²) in [4.78, 5) is 8.81. The lowest BCUT2D eigenvalue weighted by molar-refractivity contribution is 0.399. The fourth-order valence-electron chi connectivity index (χ4n) is 2.41. The van der Waals surface area contributed by atoms with Crippen LogP contribution >= 0.6 is 27.3 Å². The maximum Gasteiger partial charge on any atom is 0.151 e. The van der Waals surface area contributed by atoms with E-state index in [4.69, 9.17) is 10.8 Å². The fourth-order valence-corrected chi connectivity index (χ4v) is 3.94. The molecule has 2 aromatic carbocycles. The van der Waals surface area contributed by atoms with Crippen molar-refractivity contribution in [3.63, 3.8) is 0 Å². The summed E-state index contributed by atoms with van der Waals surface area (Å²) in [7, 11) is 1.00. The summed E-state index contributed by atoms with van der Waals surface area (Å²) in [6.07, 6.45) is 1.58. The molecule has 0 aliphatic heterocycles. The molecular formula is C17H15BrN4OS. The van der Waals surface area contributed by atoms with Crippen LogP contribution in [0.3, 0.4) is 0 Å². The number of rotatable bonds is 2. The zero-order chi connectivity index (χ0) is 17.1. The van der Waals surface area contributed by atoms with Gasteiger partial charge in [-0.15, -0.1) is 11.3 Å². The number of benzene rings is 2. The van der Waals surface area contributed by atoms with Gasteiger partial charge in [0.25, 0.3) is 0 Å². The van der Waals surface area contributed by atoms with Crippen LogP contribution in [0.5, 0.6) is 0 Å². The summed E-state index contributed by atoms with van der Waals surface area (Å²) < 4.78 is 3.08. The van der Waals surface area contributed by atoms with Crippen LogP contribution in [0.15, 0.2) is 53.3 Å². The van der Waals surface area contributed by atoms with Crippen molar-refractivity contribution in [1.29, 1.82) is 0 Å². The Hall–Kier alpha value is -2.22. The second kappa shape index (κ2) is 7.12. The Balaban J connectivity index is 0.000000815. The number of nitrogens with two attached hydrogens (primary N) is 1. The van der Waals surface area contributed by atoms with Crippen LogP contribution in [0.2, 0.25) is 0 Å². The number of thiophene rings is 1. The van der Waals surface area contributed by atoms with Crippen molar-refractivity contribution in [2.45, 2.75) is 0 Å². The molecule has 0 spiro atoms. The number of aromatic nitrogens is 2. The number of nitrogens with one attached hydrogen (secondary N) is 1. The SMILES string of the molecule is CO.Nc1cccc2c1sc1c(Nc3cccc(Br)c3)ncnc12. The topological polar surface area (TPSA) is 84.1 Å². The molecule has 2 aromatic heterocycles. The summed E-state index contributed by atoms with van der Waals surface area (Å²) in [5.74, 6) is 0.795. The highest BCUT2D eigenvalue weighted by Gasteiger charge is 2.12. The van der Waals surface area contributed by atoms with Gasteiger partial charge in [-0.05, 0) is 24.3 Å². The summed E-state index contributed by atoms with van der Waals surface area (Å²) in [6.45, 7) is 0. The van der Waals surface area contributed by atoms with Crippen LogP contribution < -0.4 is 11.1 Å². The Labute approximate surface area is 151 Å². The first-order valence-corrected chi connectivity index (χ1v) is 8.72. The van der Waals surface area contributed by atoms with Crippen LogP contribution in [0.25, 0.3) is 20.3 Å². The molecule has 0 unspecified atom stereocenters. The molecule has 0 aliphatic rings. The minimum Gasteiger partial charge on any atom is -0.400 e. The third-order valence-corrected chi connectivity index (χ3v) is 5.14. The van der Waals surface area contributed by atoms with Crippen molar-refractivity contribution in [2.24, 2.45) is 0 Å². The maximum absolute atomic E-state index is 7.00. The van der Waals surface area contributed by atoms with Crippen molar-refractivity contribution < 1.29 is 5.11 Å². The van der Waals surface area contributed by atoms with E-state index in [0.29, 0.717) is 0 Å². The maximum atomic E-state index is 7.00. The van der Waals surface area contributed by atoms with E-state index >= 15 is 0 Å². The van der Waals surface area contributed by atoms with Gasteiger partial charge >= 0.3 is 0 Å². The van der Waals surface area contributed by atoms with Crippen molar-refractivity contribution in [2.75, 3.05) is 18.2 Å². The fraction of sp³-hybridized carbons (Fsp3) is 0.0588. The monoisotopic (exact) mass is 402 g/mol. The number of nitrogen functional groups attached to an aromatic ring is 1. The minimum absolute atomic E-state index is 0.772. The summed E-state index contributed by atoms with van der Waals surface area (Å²) in [5.41, 5.74) is 8.75. The third-order valence-electron chi connectivity index (χ3n) is 3.40. The van der Waals surface area contributed by atoms with Gasteiger partial charge in [-0.2, -0.15) is 0 Å². The Morgan fingerprint density at radius 1 is 1.08 bits per heavy atom. The molecule has 0 saturated heterocycles. The predicted octanol–water partition coefficient (Wildman–Crippen LogP) is 4.54. The molecular weight excluding hydrogens is 388 g/mol. The van der Waals surface area contributed by atoms with E-state index in [-0.39, 0.29) is 0 Å². The molecule has 0 saturated carbocycles. The molecule has 4 rings (SSSR count). The number of hydrogen-bond donors (Lipinski definition) is 3. The first-order valence-electron chi connectivity index (χ1n) is 7.11. The zero-order valence-corrected chi connectivity index (χ0v) is 15.2. The van der Waals surface area contributed by atoms with Crippen LogP contribution in [-0.2, 0) is 0 Å². The van der Waals surface area contributed by atoms with Gasteiger partial charge in [0.05, 0.1) is 14.9 Å². The van der Waals surface area contributed by atoms with E-state index in [1.807, 2.05) is 42.5 Å². The molecule has 122 valence electrons. The zero-order valence-electron chi connectivity index (χ0n) is 12.8. The standard InChI is InChI=1S/C16H11BrN4S.CH4O/c17-9-3-1-4-10(7-9)21-16-15-13(19-8-20-16)11-5-2-6-12(18)14(11)22-15;1-2/h1-8H,18H2,(H,19,20,21);2H,1H3. The van der Waals surface area contributed by atoms with E-state index in [1.54, 1.807) is 17.7 Å². The van der Waals surface area contributed by atoms with Crippen molar-refractivity contribution in [1.82, 2.24) is 9.97 Å². The molecule has 0 fully saturated rings. The average molecular weight is 403 g/mol. The first-order chi connectivity index (χ1) is 11.7. The molecule has 0 radical (unpaired) electrons. The number of aliphatic hydroxyl groups excluding tert-OH is 1. The third kappa shape index (κ3) is 3.06. The van der Waals surface area contributed by atoms with Gasteiger partial charge in [0.1, 0.15) is 6.33 Å². The van der Waals surface area contributed by atoms with Crippen LogP contribution in [0.4, 0.5) is 17.2 Å². The van der Waals surface area contributed by atoms with Crippen molar-refractivity contribution in [3.05, 3.63) is 53.3 Å². The lowest BCUT2D eigenvalue weighted by Crippen LogP contribution is -1.94. The van der Waals surface area contributed by atoms with Gasteiger partial charge in [-0.3, -0.25) is 0 Å². The molecule has 24 heavy (non-hydrogen) atoms. The Morgan fingerprint density at radius 2 is 1.88 bits per heavy atom. The van der Waals surface area contributed by atoms with E-state index < -0.39 is 0 Å². The molecule has 4 N–H and O–H groups in total. The summed E-state index contributed by atoms with van der Waals surface area (Å²) in [6, 6.07) is 13.9. The van der Waals surface area contributed by atoms with Gasteiger partial charge in [0, 0.05) is 28.3 Å². The van der Waals surface area contributed by atoms with Gasteiger partial charge in [0.15, 0.2) is 5.82 Å². The number of fused-ring (bicyclic) bond motifs is 3. The number of hydrogen-bond acceptors (Lipinski definition) is 6. The first kappa shape index (κ1) is 16.6. The second-order valence-corrected chi connectivity index (χ2v) is 6.80. The molecule has 0 atom stereocenters. The average Bonchev–Trinajstić information content (AvgIpc) is 2.98. The molecule has 0 amide bonds. The normalized spacial score (nSPS) is 10.5. The van der Waals surface area contributed by atoms with E-state index in [2.05, 4.69) is 31.2 Å². The van der Waals surface area contributed by atoms with E-state index in [9.17, 15) is 0 Å². The lowest BCUT2D eigenvalue weighted by Gasteiger charge is -2.06. The Kier molecular flexibility index (Phi) is 4.94. The molecule has 2 heterocycles. The largest absolute Gasteiger partial charge is 0.400 e. The van der Waals surface area contributed by atoms with Gasteiger partial charge < -0.3 is 16.2 Å². The summed E-state index contributed by atoms with van der Waals surface area (Å²) >= 11 is 5.09. The Bertz CT molecular complexity index is 1000. The van der Waals surface area contributed by atoms with Crippen LogP contribution in [-0.4, -0.2) is 22.2 Å². The van der Waals surface area contributed by atoms with Gasteiger partial charge in [-0.1, -0.05) is 34.1 Å². The van der Waals surface area contributed by atoms with E-state index in [1.165, 1.54) is 0 Å². The number of aliphatic hydroxyl groups is 1. The molecule has 4 aromatic rings. The number of anilines is 3. The highest BCUT2D eigenvalue weighted by Crippen LogP contribution is 2.39. The quantitative estimate of drug-likeness (QED) is 0.428. The smallest absolute Gasteiger partial charge is 0.151 e. The van der Waals surface area contributed by atoms with Gasteiger partial charge in [-0.25, -0.2) is 9.97 Å². The van der Waals surface area contributed by atoms with Crippen molar-refractivity contribution in [3.8, 4) is 0 Å². The van der Waals surface area contributed by atoms with Crippen LogP contribution in [0.1, 0.15) is 0 Å². The highest BCUT2D eigenvalue weighted by atomic mass is 79.9. The van der Waals surface area contributed by atoms with Crippen molar-refractivity contribution >= 4 is 64.8 Å².